The summed E-state index contributed by atoms with van der Waals surface area (Å²) >= 11 is 6.41. The lowest BCUT2D eigenvalue weighted by molar-refractivity contribution is -0.308. The van der Waals surface area contributed by atoms with Crippen LogP contribution < -0.4 is 10.4 Å². The zero-order valence-corrected chi connectivity index (χ0v) is 17.1. The highest BCUT2D eigenvalue weighted by Gasteiger charge is 2.31. The Bertz CT molecular complexity index is 806. The standard InChI is InChI=1S/C20H22N2O4S2/c1-2-7-15(19(25)26)21-17(23)12-13-22-18(24)16(28-20(22)27)11-6-10-14-8-4-3-5-9-14/h3-6,8-11,15H,2,7,12-13H2,1H3,(H,21,23)(H,25,26)/p-1/b10-6+,16-11+/t15-/m1/s1. The van der Waals surface area contributed by atoms with Crippen molar-refractivity contribution in [1.82, 2.24) is 10.2 Å². The average molecular weight is 418 g/mol. The number of carbonyl (C=O) groups is 3. The molecule has 8 heteroatoms. The summed E-state index contributed by atoms with van der Waals surface area (Å²) < 4.78 is 0.377. The van der Waals surface area contributed by atoms with E-state index >= 15 is 0 Å². The van der Waals surface area contributed by atoms with Gasteiger partial charge in [0.15, 0.2) is 0 Å². The molecule has 28 heavy (non-hydrogen) atoms. The minimum Gasteiger partial charge on any atom is -0.548 e. The topological polar surface area (TPSA) is 89.5 Å². The monoisotopic (exact) mass is 417 g/mol. The zero-order valence-electron chi connectivity index (χ0n) is 15.4. The van der Waals surface area contributed by atoms with Gasteiger partial charge in [0.25, 0.3) is 5.91 Å². The summed E-state index contributed by atoms with van der Waals surface area (Å²) in [6.45, 7) is 1.92. The summed E-state index contributed by atoms with van der Waals surface area (Å²) in [5, 5.41) is 13.4. The fourth-order valence-electron chi connectivity index (χ4n) is 2.54. The minimum atomic E-state index is -1.31. The Morgan fingerprint density at radius 2 is 2.04 bits per heavy atom. The molecule has 0 spiro atoms. The number of benzene rings is 1. The molecule has 2 amide bonds. The number of rotatable bonds is 9. The fourth-order valence-corrected chi connectivity index (χ4v) is 3.80. The minimum absolute atomic E-state index is 0.0347. The molecule has 1 aromatic rings. The second-order valence-electron chi connectivity index (χ2n) is 6.10. The molecule has 1 atom stereocenters. The summed E-state index contributed by atoms with van der Waals surface area (Å²) in [4.78, 5) is 37.3. The molecule has 1 aromatic carbocycles. The third-order valence-corrected chi connectivity index (χ3v) is 5.37. The van der Waals surface area contributed by atoms with Gasteiger partial charge in [-0.05, 0) is 18.1 Å². The van der Waals surface area contributed by atoms with Crippen LogP contribution in [0, 0.1) is 0 Å². The Morgan fingerprint density at radius 1 is 1.32 bits per heavy atom. The van der Waals surface area contributed by atoms with Gasteiger partial charge >= 0.3 is 0 Å². The molecule has 0 aliphatic carbocycles. The van der Waals surface area contributed by atoms with Crippen molar-refractivity contribution >= 4 is 52.2 Å². The van der Waals surface area contributed by atoms with Crippen LogP contribution in [0.1, 0.15) is 31.7 Å². The summed E-state index contributed by atoms with van der Waals surface area (Å²) in [6, 6.07) is 8.66. The summed E-state index contributed by atoms with van der Waals surface area (Å²) in [7, 11) is 0. The van der Waals surface area contributed by atoms with E-state index in [1.54, 1.807) is 12.2 Å². The molecule has 1 saturated heterocycles. The van der Waals surface area contributed by atoms with Crippen molar-refractivity contribution in [2.75, 3.05) is 6.54 Å². The van der Waals surface area contributed by atoms with Gasteiger partial charge in [-0.1, -0.05) is 79.8 Å². The smallest absolute Gasteiger partial charge is 0.266 e. The molecule has 1 aliphatic rings. The van der Waals surface area contributed by atoms with Gasteiger partial charge in [-0.3, -0.25) is 14.5 Å². The Labute approximate surface area is 173 Å². The van der Waals surface area contributed by atoms with Crippen molar-refractivity contribution in [1.29, 1.82) is 0 Å². The highest BCUT2D eigenvalue weighted by atomic mass is 32.2. The predicted molar refractivity (Wildman–Crippen MR) is 112 cm³/mol. The quantitative estimate of drug-likeness (QED) is 0.487. The lowest BCUT2D eigenvalue weighted by Gasteiger charge is -2.20. The number of amides is 2. The Morgan fingerprint density at radius 3 is 2.68 bits per heavy atom. The van der Waals surface area contributed by atoms with E-state index in [1.807, 2.05) is 43.3 Å². The van der Waals surface area contributed by atoms with Crippen LogP contribution in [-0.4, -0.2) is 39.6 Å². The van der Waals surface area contributed by atoms with E-state index in [1.165, 1.54) is 16.7 Å². The van der Waals surface area contributed by atoms with Gasteiger partial charge < -0.3 is 15.2 Å². The molecule has 1 fully saturated rings. The Hall–Kier alpha value is -2.45. The molecule has 0 radical (unpaired) electrons. The number of thioether (sulfide) groups is 1. The van der Waals surface area contributed by atoms with Gasteiger partial charge in [-0.25, -0.2) is 0 Å². The Kier molecular flexibility index (Phi) is 8.41. The fraction of sp³-hybridized carbons (Fsp3) is 0.300. The van der Waals surface area contributed by atoms with Crippen LogP contribution >= 0.6 is 24.0 Å². The summed E-state index contributed by atoms with van der Waals surface area (Å²) in [6.07, 6.45) is 6.23. The lowest BCUT2D eigenvalue weighted by Crippen LogP contribution is -2.48. The number of nitrogens with zero attached hydrogens (tertiary/aromatic N) is 1. The highest BCUT2D eigenvalue weighted by molar-refractivity contribution is 8.26. The van der Waals surface area contributed by atoms with Gasteiger partial charge in [0.1, 0.15) is 4.32 Å². The second kappa shape index (κ2) is 10.8. The van der Waals surface area contributed by atoms with Crippen molar-refractivity contribution in [2.45, 2.75) is 32.2 Å². The number of hydrogen-bond acceptors (Lipinski definition) is 6. The molecule has 0 bridgehead atoms. The van der Waals surface area contributed by atoms with Gasteiger partial charge in [0, 0.05) is 13.0 Å². The molecule has 6 nitrogen and oxygen atoms in total. The number of carbonyl (C=O) groups excluding carboxylic acids is 3. The van der Waals surface area contributed by atoms with E-state index in [9.17, 15) is 19.5 Å². The van der Waals surface area contributed by atoms with Gasteiger partial charge in [0.2, 0.25) is 5.91 Å². The predicted octanol–water partition coefficient (Wildman–Crippen LogP) is 1.87. The molecule has 0 saturated carbocycles. The van der Waals surface area contributed by atoms with Crippen molar-refractivity contribution in [3.8, 4) is 0 Å². The average Bonchev–Trinajstić information content (AvgIpc) is 2.93. The number of thiocarbonyl (C=S) groups is 1. The lowest BCUT2D eigenvalue weighted by atomic mass is 10.1. The molecular weight excluding hydrogens is 396 g/mol. The number of nitrogens with one attached hydrogen (secondary N) is 1. The van der Waals surface area contributed by atoms with Crippen LogP contribution in [0.15, 0.2) is 47.4 Å². The molecule has 148 valence electrons. The highest BCUT2D eigenvalue weighted by Crippen LogP contribution is 2.31. The zero-order chi connectivity index (χ0) is 20.5. The van der Waals surface area contributed by atoms with Crippen molar-refractivity contribution in [2.24, 2.45) is 0 Å². The van der Waals surface area contributed by atoms with Crippen molar-refractivity contribution in [3.63, 3.8) is 0 Å². The van der Waals surface area contributed by atoms with Gasteiger partial charge in [-0.2, -0.15) is 0 Å². The van der Waals surface area contributed by atoms with E-state index in [0.29, 0.717) is 22.1 Å². The van der Waals surface area contributed by atoms with E-state index in [4.69, 9.17) is 12.2 Å². The second-order valence-corrected chi connectivity index (χ2v) is 7.78. The van der Waals surface area contributed by atoms with Crippen LogP contribution in [0.5, 0.6) is 0 Å². The number of allylic oxidation sites excluding steroid dienone is 2. The number of carboxylic acids is 1. The first kappa shape index (κ1) is 21.8. The maximum Gasteiger partial charge on any atom is 0.266 e. The Balaban J connectivity index is 1.91. The van der Waals surface area contributed by atoms with E-state index in [0.717, 1.165) is 5.56 Å². The summed E-state index contributed by atoms with van der Waals surface area (Å²) in [5.41, 5.74) is 1.01. The van der Waals surface area contributed by atoms with Crippen molar-refractivity contribution in [3.05, 3.63) is 53.0 Å². The van der Waals surface area contributed by atoms with Gasteiger partial charge in [0.05, 0.1) is 16.9 Å². The SMILES string of the molecule is CCC[C@@H](NC(=O)CCN1C(=O)/C(=C\C=C\c2ccccc2)SC1=S)C(=O)[O-]. The van der Waals surface area contributed by atoms with Crippen LogP contribution in [0.25, 0.3) is 6.08 Å². The third-order valence-electron chi connectivity index (χ3n) is 3.97. The molecular formula is C20H21N2O4S2-. The molecule has 0 unspecified atom stereocenters. The van der Waals surface area contributed by atoms with Crippen LogP contribution in [-0.2, 0) is 14.4 Å². The van der Waals surface area contributed by atoms with Crippen LogP contribution in [0.4, 0.5) is 0 Å². The molecule has 1 heterocycles. The van der Waals surface area contributed by atoms with Crippen LogP contribution in [0.3, 0.4) is 0 Å². The summed E-state index contributed by atoms with van der Waals surface area (Å²) in [5.74, 6) is -2.02. The van der Waals surface area contributed by atoms with E-state index in [-0.39, 0.29) is 18.9 Å². The normalized spacial score (nSPS) is 16.8. The molecule has 1 aliphatic heterocycles. The maximum absolute atomic E-state index is 12.5. The molecule has 0 aromatic heterocycles. The first-order valence-electron chi connectivity index (χ1n) is 8.89. The van der Waals surface area contributed by atoms with Gasteiger partial charge in [-0.15, -0.1) is 0 Å². The van der Waals surface area contributed by atoms with Crippen molar-refractivity contribution < 1.29 is 19.5 Å². The first-order valence-corrected chi connectivity index (χ1v) is 10.1. The maximum atomic E-state index is 12.5. The van der Waals surface area contributed by atoms with Crippen LogP contribution in [0.2, 0.25) is 0 Å². The van der Waals surface area contributed by atoms with E-state index in [2.05, 4.69) is 5.32 Å². The largest absolute Gasteiger partial charge is 0.548 e. The number of carboxylic acid groups (broad SMARTS) is 1. The molecule has 1 N–H and O–H groups in total. The van der Waals surface area contributed by atoms with E-state index < -0.39 is 17.9 Å². The third kappa shape index (κ3) is 6.31. The molecule has 2 rings (SSSR count). The number of hydrogen-bond donors (Lipinski definition) is 1. The number of aliphatic carboxylic acids is 1. The first-order chi connectivity index (χ1) is 13.4.